The number of hydrogen-bond donors (Lipinski definition) is 1. The van der Waals surface area contributed by atoms with E-state index in [1.54, 1.807) is 6.07 Å². The molecule has 1 heterocycles. The monoisotopic (exact) mass is 411 g/mol. The molecule has 5 heteroatoms. The highest BCUT2D eigenvalue weighted by atomic mass is 19.1. The number of carbonyl (C=O) groups excluding carboxylic acids is 1. The van der Waals surface area contributed by atoms with E-state index in [9.17, 15) is 9.18 Å². The molecule has 2 aromatic carbocycles. The molecule has 0 aliphatic carbocycles. The van der Waals surface area contributed by atoms with Crippen LogP contribution in [0.5, 0.6) is 0 Å². The van der Waals surface area contributed by atoms with Crippen LogP contribution in [-0.4, -0.2) is 55.0 Å². The van der Waals surface area contributed by atoms with Crippen LogP contribution in [0.2, 0.25) is 0 Å². The summed E-state index contributed by atoms with van der Waals surface area (Å²) in [6.07, 6.45) is 4.10. The predicted molar refractivity (Wildman–Crippen MR) is 121 cm³/mol. The van der Waals surface area contributed by atoms with Crippen molar-refractivity contribution in [3.8, 4) is 0 Å². The van der Waals surface area contributed by atoms with E-state index in [2.05, 4.69) is 15.1 Å². The molecule has 0 unspecified atom stereocenters. The molecular formula is C25H34FN3O. The maximum Gasteiger partial charge on any atom is 0.238 e. The number of aryl methyl sites for hydroxylation is 3. The highest BCUT2D eigenvalue weighted by molar-refractivity contribution is 5.93. The molecule has 162 valence electrons. The normalized spacial score (nSPS) is 15.3. The molecule has 0 aromatic heterocycles. The summed E-state index contributed by atoms with van der Waals surface area (Å²) in [6, 6.07) is 13.1. The van der Waals surface area contributed by atoms with E-state index in [1.807, 2.05) is 44.2 Å². The number of carbonyl (C=O) groups is 1. The number of nitrogens with zero attached hydrogens (tertiary/aromatic N) is 2. The number of anilines is 1. The van der Waals surface area contributed by atoms with Gasteiger partial charge in [-0.3, -0.25) is 9.69 Å². The van der Waals surface area contributed by atoms with Gasteiger partial charge in [0.2, 0.25) is 5.91 Å². The van der Waals surface area contributed by atoms with Crippen LogP contribution in [0, 0.1) is 19.7 Å². The summed E-state index contributed by atoms with van der Waals surface area (Å²) in [5.41, 5.74) is 3.97. The molecule has 2 aromatic rings. The van der Waals surface area contributed by atoms with Crippen LogP contribution < -0.4 is 5.32 Å². The summed E-state index contributed by atoms with van der Waals surface area (Å²) < 4.78 is 13.6. The van der Waals surface area contributed by atoms with Crippen molar-refractivity contribution in [2.24, 2.45) is 0 Å². The average Bonchev–Trinajstić information content (AvgIpc) is 2.73. The molecule has 30 heavy (non-hydrogen) atoms. The second kappa shape index (κ2) is 11.2. The van der Waals surface area contributed by atoms with E-state index in [0.29, 0.717) is 6.54 Å². The zero-order valence-corrected chi connectivity index (χ0v) is 18.3. The lowest BCUT2D eigenvalue weighted by molar-refractivity contribution is -0.117. The van der Waals surface area contributed by atoms with Gasteiger partial charge in [-0.05, 0) is 62.4 Å². The number of piperazine rings is 1. The molecule has 0 radical (unpaired) electrons. The lowest BCUT2D eigenvalue weighted by Gasteiger charge is -2.34. The van der Waals surface area contributed by atoms with Gasteiger partial charge in [0.15, 0.2) is 0 Å². The van der Waals surface area contributed by atoms with Crippen molar-refractivity contribution in [1.82, 2.24) is 9.80 Å². The molecule has 0 bridgehead atoms. The standard InChI is InChI=1S/C25H34FN3O/c1-20-9-8-10-21(2)25(20)27-24(30)19-29-17-15-28(16-18-29)14-7-3-4-11-22-12-5-6-13-23(22)26/h5-6,8-10,12-13H,3-4,7,11,14-19H2,1-2H3,(H,27,30). The topological polar surface area (TPSA) is 35.6 Å². The number of rotatable bonds is 9. The van der Waals surface area contributed by atoms with Crippen LogP contribution in [0.1, 0.15) is 36.0 Å². The van der Waals surface area contributed by atoms with Gasteiger partial charge in [0.1, 0.15) is 5.82 Å². The molecule has 1 fully saturated rings. The lowest BCUT2D eigenvalue weighted by atomic mass is 10.1. The van der Waals surface area contributed by atoms with Crippen molar-refractivity contribution < 1.29 is 9.18 Å². The van der Waals surface area contributed by atoms with Gasteiger partial charge in [-0.15, -0.1) is 0 Å². The second-order valence-electron chi connectivity index (χ2n) is 8.33. The summed E-state index contributed by atoms with van der Waals surface area (Å²) in [5.74, 6) is -0.0239. The Hall–Kier alpha value is -2.24. The van der Waals surface area contributed by atoms with Gasteiger partial charge >= 0.3 is 0 Å². The molecule has 0 atom stereocenters. The Morgan fingerprint density at radius 3 is 2.27 bits per heavy atom. The fourth-order valence-electron chi connectivity index (χ4n) is 4.09. The number of hydrogen-bond acceptors (Lipinski definition) is 3. The Labute approximate surface area is 180 Å². The van der Waals surface area contributed by atoms with Gasteiger partial charge in [-0.2, -0.15) is 0 Å². The van der Waals surface area contributed by atoms with Crippen LogP contribution in [0.25, 0.3) is 0 Å². The molecular weight excluding hydrogens is 377 g/mol. The molecule has 1 aliphatic heterocycles. The first-order chi connectivity index (χ1) is 14.5. The first-order valence-corrected chi connectivity index (χ1v) is 11.1. The van der Waals surface area contributed by atoms with E-state index < -0.39 is 0 Å². The Bertz CT molecular complexity index is 811. The summed E-state index contributed by atoms with van der Waals surface area (Å²) in [4.78, 5) is 17.2. The first-order valence-electron chi connectivity index (χ1n) is 11.1. The fraction of sp³-hybridized carbons (Fsp3) is 0.480. The van der Waals surface area contributed by atoms with Crippen molar-refractivity contribution in [3.63, 3.8) is 0 Å². The SMILES string of the molecule is Cc1cccc(C)c1NC(=O)CN1CCN(CCCCCc2ccccc2F)CC1. The van der Waals surface area contributed by atoms with Gasteiger partial charge < -0.3 is 10.2 Å². The Kier molecular flexibility index (Phi) is 8.40. The van der Waals surface area contributed by atoms with Gasteiger partial charge in [-0.25, -0.2) is 4.39 Å². The maximum atomic E-state index is 13.6. The number of amides is 1. The maximum absolute atomic E-state index is 13.6. The van der Waals surface area contributed by atoms with Crippen molar-refractivity contribution in [1.29, 1.82) is 0 Å². The minimum Gasteiger partial charge on any atom is -0.324 e. The number of nitrogens with one attached hydrogen (secondary N) is 1. The summed E-state index contributed by atoms with van der Waals surface area (Å²) >= 11 is 0. The van der Waals surface area contributed by atoms with Crippen LogP contribution in [0.15, 0.2) is 42.5 Å². The molecule has 4 nitrogen and oxygen atoms in total. The highest BCUT2D eigenvalue weighted by Crippen LogP contribution is 2.19. The Balaban J connectivity index is 1.30. The zero-order chi connectivity index (χ0) is 21.3. The van der Waals surface area contributed by atoms with E-state index in [1.165, 1.54) is 6.07 Å². The van der Waals surface area contributed by atoms with Crippen LogP contribution >= 0.6 is 0 Å². The fourth-order valence-corrected chi connectivity index (χ4v) is 4.09. The molecule has 1 amide bonds. The van der Waals surface area contributed by atoms with E-state index >= 15 is 0 Å². The number of para-hydroxylation sites is 1. The summed E-state index contributed by atoms with van der Waals surface area (Å²) in [5, 5.41) is 3.08. The molecule has 0 saturated carbocycles. The van der Waals surface area contributed by atoms with E-state index in [-0.39, 0.29) is 11.7 Å². The van der Waals surface area contributed by atoms with E-state index in [0.717, 1.165) is 80.8 Å². The second-order valence-corrected chi connectivity index (χ2v) is 8.33. The van der Waals surface area contributed by atoms with Crippen molar-refractivity contribution in [3.05, 3.63) is 65.0 Å². The van der Waals surface area contributed by atoms with Crippen LogP contribution in [-0.2, 0) is 11.2 Å². The van der Waals surface area contributed by atoms with Gasteiger partial charge in [-0.1, -0.05) is 42.8 Å². The van der Waals surface area contributed by atoms with E-state index in [4.69, 9.17) is 0 Å². The highest BCUT2D eigenvalue weighted by Gasteiger charge is 2.19. The minimum absolute atomic E-state index is 0.0639. The quantitative estimate of drug-likeness (QED) is 0.621. The molecule has 1 saturated heterocycles. The Morgan fingerprint density at radius 1 is 0.900 bits per heavy atom. The predicted octanol–water partition coefficient (Wildman–Crippen LogP) is 4.41. The van der Waals surface area contributed by atoms with Crippen LogP contribution in [0.4, 0.5) is 10.1 Å². The van der Waals surface area contributed by atoms with Gasteiger partial charge in [0.25, 0.3) is 0 Å². The molecule has 1 aliphatic rings. The lowest BCUT2D eigenvalue weighted by Crippen LogP contribution is -2.48. The Morgan fingerprint density at radius 2 is 1.57 bits per heavy atom. The van der Waals surface area contributed by atoms with Crippen LogP contribution in [0.3, 0.4) is 0 Å². The molecule has 3 rings (SSSR count). The third-order valence-corrected chi connectivity index (χ3v) is 5.96. The van der Waals surface area contributed by atoms with Crippen molar-refractivity contribution in [2.75, 3.05) is 44.6 Å². The summed E-state index contributed by atoms with van der Waals surface area (Å²) in [6.45, 7) is 9.44. The summed E-state index contributed by atoms with van der Waals surface area (Å²) in [7, 11) is 0. The third kappa shape index (κ3) is 6.64. The average molecular weight is 412 g/mol. The third-order valence-electron chi connectivity index (χ3n) is 5.96. The molecule has 0 spiro atoms. The largest absolute Gasteiger partial charge is 0.324 e. The number of benzene rings is 2. The number of unbranched alkanes of at least 4 members (excludes halogenated alkanes) is 2. The zero-order valence-electron chi connectivity index (χ0n) is 18.3. The van der Waals surface area contributed by atoms with Gasteiger partial charge in [0.05, 0.1) is 6.54 Å². The minimum atomic E-state index is -0.0877. The number of halogens is 1. The van der Waals surface area contributed by atoms with Crippen molar-refractivity contribution in [2.45, 2.75) is 39.5 Å². The first kappa shape index (κ1) is 22.4. The smallest absolute Gasteiger partial charge is 0.238 e. The van der Waals surface area contributed by atoms with Gasteiger partial charge in [0, 0.05) is 31.9 Å². The molecule has 1 N–H and O–H groups in total. The van der Waals surface area contributed by atoms with Crippen molar-refractivity contribution >= 4 is 11.6 Å².